The van der Waals surface area contributed by atoms with E-state index in [0.717, 1.165) is 6.42 Å². The van der Waals surface area contributed by atoms with Gasteiger partial charge in [-0.1, -0.05) is 26.0 Å². The predicted molar refractivity (Wildman–Crippen MR) is 54.9 cm³/mol. The van der Waals surface area contributed by atoms with Gasteiger partial charge in [-0.25, -0.2) is 4.39 Å². The largest absolute Gasteiger partial charge is 0.294 e. The third-order valence-corrected chi connectivity index (χ3v) is 2.52. The summed E-state index contributed by atoms with van der Waals surface area (Å²) in [4.78, 5) is 11.7. The lowest BCUT2D eigenvalue weighted by atomic mass is 9.96. The molecule has 0 spiro atoms. The summed E-state index contributed by atoms with van der Waals surface area (Å²) in [7, 11) is 0. The van der Waals surface area contributed by atoms with Crippen LogP contribution in [0.3, 0.4) is 0 Å². The fourth-order valence-corrected chi connectivity index (χ4v) is 1.29. The van der Waals surface area contributed by atoms with Gasteiger partial charge in [0, 0.05) is 5.92 Å². The van der Waals surface area contributed by atoms with Crippen LogP contribution in [-0.2, 0) is 0 Å². The lowest BCUT2D eigenvalue weighted by Gasteiger charge is -2.09. The van der Waals surface area contributed by atoms with E-state index in [9.17, 15) is 9.18 Å². The van der Waals surface area contributed by atoms with Crippen molar-refractivity contribution in [2.75, 3.05) is 0 Å². The molecule has 0 saturated heterocycles. The number of benzene rings is 1. The third-order valence-electron chi connectivity index (χ3n) is 2.52. The summed E-state index contributed by atoms with van der Waals surface area (Å²) < 4.78 is 13.5. The fraction of sp³-hybridized carbons (Fsp3) is 0.417. The first kappa shape index (κ1) is 10.9. The highest BCUT2D eigenvalue weighted by Crippen LogP contribution is 2.17. The minimum Gasteiger partial charge on any atom is -0.294 e. The Kier molecular flexibility index (Phi) is 3.39. The lowest BCUT2D eigenvalue weighted by Crippen LogP contribution is -2.12. The van der Waals surface area contributed by atoms with Gasteiger partial charge in [0.1, 0.15) is 5.82 Å². The highest BCUT2D eigenvalue weighted by molar-refractivity contribution is 5.98. The second kappa shape index (κ2) is 4.36. The Labute approximate surface area is 83.9 Å². The van der Waals surface area contributed by atoms with Crippen LogP contribution in [0.5, 0.6) is 0 Å². The predicted octanol–water partition coefficient (Wildman–Crippen LogP) is 3.36. The highest BCUT2D eigenvalue weighted by Gasteiger charge is 2.17. The van der Waals surface area contributed by atoms with Crippen molar-refractivity contribution < 1.29 is 9.18 Å². The van der Waals surface area contributed by atoms with E-state index in [0.29, 0.717) is 5.56 Å². The smallest absolute Gasteiger partial charge is 0.168 e. The Balaban J connectivity index is 3.07. The topological polar surface area (TPSA) is 17.1 Å². The molecule has 0 N–H and O–H groups in total. The maximum absolute atomic E-state index is 13.5. The molecule has 1 unspecified atom stereocenters. The van der Waals surface area contributed by atoms with Gasteiger partial charge in [-0.05, 0) is 25.0 Å². The lowest BCUT2D eigenvalue weighted by molar-refractivity contribution is 0.0923. The van der Waals surface area contributed by atoms with Crippen molar-refractivity contribution in [2.24, 2.45) is 5.92 Å². The van der Waals surface area contributed by atoms with Crippen LogP contribution in [0.2, 0.25) is 0 Å². The molecule has 1 nitrogen and oxygen atoms in total. The van der Waals surface area contributed by atoms with E-state index < -0.39 is 0 Å². The first-order chi connectivity index (χ1) is 6.57. The SMILES string of the molecule is CCC(C)C(=O)c1cccc(C)c1F. The van der Waals surface area contributed by atoms with E-state index in [-0.39, 0.29) is 23.1 Å². The van der Waals surface area contributed by atoms with Gasteiger partial charge in [0.25, 0.3) is 0 Å². The zero-order valence-electron chi connectivity index (χ0n) is 8.80. The Bertz CT molecular complexity index is 344. The van der Waals surface area contributed by atoms with E-state index in [1.54, 1.807) is 25.1 Å². The first-order valence-corrected chi connectivity index (χ1v) is 4.87. The maximum atomic E-state index is 13.5. The molecule has 0 bridgehead atoms. The van der Waals surface area contributed by atoms with Crippen molar-refractivity contribution >= 4 is 5.78 Å². The molecule has 0 aliphatic rings. The number of carbonyl (C=O) groups is 1. The van der Waals surface area contributed by atoms with Gasteiger partial charge in [0.05, 0.1) is 5.56 Å². The average Bonchev–Trinajstić information content (AvgIpc) is 2.20. The van der Waals surface area contributed by atoms with Crippen LogP contribution in [-0.4, -0.2) is 5.78 Å². The molecule has 0 radical (unpaired) electrons. The molecule has 0 amide bonds. The molecule has 1 aromatic rings. The van der Waals surface area contributed by atoms with E-state index >= 15 is 0 Å². The van der Waals surface area contributed by atoms with E-state index in [1.165, 1.54) is 0 Å². The molecule has 0 heterocycles. The van der Waals surface area contributed by atoms with Crippen molar-refractivity contribution in [3.63, 3.8) is 0 Å². The Morgan fingerprint density at radius 1 is 1.50 bits per heavy atom. The second-order valence-electron chi connectivity index (χ2n) is 3.61. The Morgan fingerprint density at radius 3 is 2.71 bits per heavy atom. The number of halogens is 1. The van der Waals surface area contributed by atoms with Gasteiger partial charge < -0.3 is 0 Å². The van der Waals surface area contributed by atoms with Crippen LogP contribution in [0.1, 0.15) is 36.2 Å². The number of rotatable bonds is 3. The zero-order chi connectivity index (χ0) is 10.7. The molecule has 0 saturated carbocycles. The van der Waals surface area contributed by atoms with Gasteiger partial charge in [-0.2, -0.15) is 0 Å². The summed E-state index contributed by atoms with van der Waals surface area (Å²) in [6.45, 7) is 5.42. The van der Waals surface area contributed by atoms with Crippen molar-refractivity contribution in [1.29, 1.82) is 0 Å². The average molecular weight is 194 g/mol. The highest BCUT2D eigenvalue weighted by atomic mass is 19.1. The van der Waals surface area contributed by atoms with Gasteiger partial charge >= 0.3 is 0 Å². The second-order valence-corrected chi connectivity index (χ2v) is 3.61. The molecule has 0 fully saturated rings. The zero-order valence-corrected chi connectivity index (χ0v) is 8.80. The molecule has 1 aromatic carbocycles. The van der Waals surface area contributed by atoms with Gasteiger partial charge in [0.2, 0.25) is 0 Å². The summed E-state index contributed by atoms with van der Waals surface area (Å²) in [6, 6.07) is 4.94. The minimum atomic E-state index is -0.377. The maximum Gasteiger partial charge on any atom is 0.168 e. The normalized spacial score (nSPS) is 12.6. The van der Waals surface area contributed by atoms with Gasteiger partial charge in [-0.3, -0.25) is 4.79 Å². The summed E-state index contributed by atoms with van der Waals surface area (Å²) in [5.41, 5.74) is 0.749. The van der Waals surface area contributed by atoms with Crippen molar-refractivity contribution in [3.05, 3.63) is 35.1 Å². The summed E-state index contributed by atoms with van der Waals surface area (Å²) >= 11 is 0. The summed E-state index contributed by atoms with van der Waals surface area (Å²) in [5, 5.41) is 0. The van der Waals surface area contributed by atoms with Gasteiger partial charge in [0.15, 0.2) is 5.78 Å². The number of carbonyl (C=O) groups excluding carboxylic acids is 1. The molecule has 1 atom stereocenters. The summed E-state index contributed by atoms with van der Waals surface area (Å²) in [6.07, 6.45) is 0.742. The van der Waals surface area contributed by atoms with Crippen LogP contribution < -0.4 is 0 Å². The third kappa shape index (κ3) is 2.00. The molecule has 2 heteroatoms. The van der Waals surface area contributed by atoms with E-state index in [2.05, 4.69) is 0 Å². The Morgan fingerprint density at radius 2 is 2.14 bits per heavy atom. The van der Waals surface area contributed by atoms with Crippen LogP contribution in [0.25, 0.3) is 0 Å². The first-order valence-electron chi connectivity index (χ1n) is 4.87. The monoisotopic (exact) mass is 194 g/mol. The number of hydrogen-bond donors (Lipinski definition) is 0. The molecular weight excluding hydrogens is 179 g/mol. The Hall–Kier alpha value is -1.18. The molecule has 0 aromatic heterocycles. The standard InChI is InChI=1S/C12H15FO/c1-4-8(2)12(14)10-7-5-6-9(3)11(10)13/h5-8H,4H2,1-3H3. The molecule has 0 aliphatic heterocycles. The number of ketones is 1. The van der Waals surface area contributed by atoms with Crippen molar-refractivity contribution in [2.45, 2.75) is 27.2 Å². The minimum absolute atomic E-state index is 0.103. The molecule has 1 rings (SSSR count). The molecule has 76 valence electrons. The quantitative estimate of drug-likeness (QED) is 0.674. The van der Waals surface area contributed by atoms with E-state index in [4.69, 9.17) is 0 Å². The van der Waals surface area contributed by atoms with Crippen LogP contribution in [0, 0.1) is 18.7 Å². The van der Waals surface area contributed by atoms with Crippen LogP contribution >= 0.6 is 0 Å². The van der Waals surface area contributed by atoms with Crippen LogP contribution in [0.4, 0.5) is 4.39 Å². The van der Waals surface area contributed by atoms with Crippen molar-refractivity contribution in [1.82, 2.24) is 0 Å². The van der Waals surface area contributed by atoms with Gasteiger partial charge in [-0.15, -0.1) is 0 Å². The van der Waals surface area contributed by atoms with E-state index in [1.807, 2.05) is 13.8 Å². The summed E-state index contributed by atoms with van der Waals surface area (Å²) in [5.74, 6) is -0.585. The van der Waals surface area contributed by atoms with Crippen LogP contribution in [0.15, 0.2) is 18.2 Å². The number of hydrogen-bond acceptors (Lipinski definition) is 1. The fourth-order valence-electron chi connectivity index (χ4n) is 1.29. The molecular formula is C12H15FO. The number of Topliss-reactive ketones (excluding diaryl/α,β-unsaturated/α-hetero) is 1. The molecule has 14 heavy (non-hydrogen) atoms. The number of aryl methyl sites for hydroxylation is 1. The molecule has 0 aliphatic carbocycles. The van der Waals surface area contributed by atoms with Crippen molar-refractivity contribution in [3.8, 4) is 0 Å².